The highest BCUT2D eigenvalue weighted by molar-refractivity contribution is 7.91. The molecule has 0 bridgehead atoms. The van der Waals surface area contributed by atoms with Crippen LogP contribution in [0.5, 0.6) is 0 Å². The lowest BCUT2D eigenvalue weighted by molar-refractivity contribution is 0.153. The number of halogens is 1. The summed E-state index contributed by atoms with van der Waals surface area (Å²) < 4.78 is 40.1. The summed E-state index contributed by atoms with van der Waals surface area (Å²) in [6.45, 7) is 0.877. The summed E-state index contributed by atoms with van der Waals surface area (Å²) >= 11 is 0. The molecule has 2 aliphatic heterocycles. The summed E-state index contributed by atoms with van der Waals surface area (Å²) in [5.41, 5.74) is 8.35. The standard InChI is InChI=1S/C19H26FN7O2S/c1-26-10-12(9-23-26)13-6-14-16(7-15(13)20)24-25-19(14)17-8-18(22-11-21-17)27-2-4-30(28,29)5-3-27/h8-11,13-16,19,24-25H,2-7H2,1H3. The van der Waals surface area contributed by atoms with Crippen LogP contribution in [0.4, 0.5) is 10.2 Å². The van der Waals surface area contributed by atoms with Crippen LogP contribution in [0.3, 0.4) is 0 Å². The van der Waals surface area contributed by atoms with Crippen molar-refractivity contribution in [1.29, 1.82) is 0 Å². The van der Waals surface area contributed by atoms with Crippen LogP contribution < -0.4 is 15.8 Å². The molecular formula is C19H26FN7O2S. The number of rotatable bonds is 3. The zero-order chi connectivity index (χ0) is 20.9. The first-order chi connectivity index (χ1) is 14.4. The zero-order valence-corrected chi connectivity index (χ0v) is 17.6. The van der Waals surface area contributed by atoms with Crippen molar-refractivity contribution < 1.29 is 12.8 Å². The molecule has 2 aromatic heterocycles. The fourth-order valence-electron chi connectivity index (χ4n) is 4.94. The maximum Gasteiger partial charge on any atom is 0.153 e. The van der Waals surface area contributed by atoms with Crippen LogP contribution >= 0.6 is 0 Å². The van der Waals surface area contributed by atoms with Crippen LogP contribution in [-0.4, -0.2) is 65.0 Å². The van der Waals surface area contributed by atoms with Gasteiger partial charge in [0, 0.05) is 44.4 Å². The van der Waals surface area contributed by atoms with E-state index in [0.29, 0.717) is 25.9 Å². The molecule has 2 aromatic rings. The second-order valence-electron chi connectivity index (χ2n) is 8.52. The van der Waals surface area contributed by atoms with Gasteiger partial charge in [-0.1, -0.05) is 0 Å². The van der Waals surface area contributed by atoms with E-state index in [9.17, 15) is 12.8 Å². The van der Waals surface area contributed by atoms with Crippen molar-refractivity contribution in [2.75, 3.05) is 29.5 Å². The lowest BCUT2D eigenvalue weighted by Gasteiger charge is -2.35. The predicted molar refractivity (Wildman–Crippen MR) is 109 cm³/mol. The minimum absolute atomic E-state index is 0.0384. The number of fused-ring (bicyclic) bond motifs is 1. The Balaban J connectivity index is 1.36. The molecule has 9 nitrogen and oxygen atoms in total. The van der Waals surface area contributed by atoms with Gasteiger partial charge in [-0.3, -0.25) is 10.1 Å². The number of aromatic nitrogens is 4. The number of nitrogens with one attached hydrogen (secondary N) is 2. The lowest BCUT2D eigenvalue weighted by Crippen LogP contribution is -2.40. The van der Waals surface area contributed by atoms with Crippen molar-refractivity contribution in [3.8, 4) is 0 Å². The molecule has 0 spiro atoms. The van der Waals surface area contributed by atoms with E-state index in [1.165, 1.54) is 6.33 Å². The molecule has 2 saturated heterocycles. The van der Waals surface area contributed by atoms with E-state index in [-0.39, 0.29) is 35.4 Å². The second kappa shape index (κ2) is 7.54. The summed E-state index contributed by atoms with van der Waals surface area (Å²) in [7, 11) is -1.11. The Morgan fingerprint density at radius 3 is 2.70 bits per heavy atom. The van der Waals surface area contributed by atoms with Crippen molar-refractivity contribution in [2.24, 2.45) is 13.0 Å². The normalized spacial score (nSPS) is 33.4. The molecule has 0 amide bonds. The van der Waals surface area contributed by atoms with E-state index in [1.54, 1.807) is 10.9 Å². The number of hydrogen-bond donors (Lipinski definition) is 2. The lowest BCUT2D eigenvalue weighted by atomic mass is 9.72. The number of nitrogens with zero attached hydrogens (tertiary/aromatic N) is 5. The Morgan fingerprint density at radius 2 is 1.97 bits per heavy atom. The number of hydrazine groups is 1. The first-order valence-electron chi connectivity index (χ1n) is 10.3. The molecule has 1 saturated carbocycles. The monoisotopic (exact) mass is 435 g/mol. The first-order valence-corrected chi connectivity index (χ1v) is 12.1. The number of sulfone groups is 1. The Morgan fingerprint density at radius 1 is 1.17 bits per heavy atom. The van der Waals surface area contributed by atoms with Crippen LogP contribution in [0.1, 0.15) is 36.1 Å². The van der Waals surface area contributed by atoms with Gasteiger partial charge in [-0.05, 0) is 24.3 Å². The maximum absolute atomic E-state index is 14.9. The maximum atomic E-state index is 14.9. The highest BCUT2D eigenvalue weighted by Gasteiger charge is 2.46. The highest BCUT2D eigenvalue weighted by atomic mass is 32.2. The van der Waals surface area contributed by atoms with Gasteiger partial charge in [0.25, 0.3) is 0 Å². The summed E-state index contributed by atoms with van der Waals surface area (Å²) in [5, 5.41) is 4.21. The molecule has 1 aliphatic carbocycles. The van der Waals surface area contributed by atoms with E-state index in [4.69, 9.17) is 0 Å². The van der Waals surface area contributed by atoms with E-state index in [1.807, 2.05) is 24.2 Å². The number of anilines is 1. The van der Waals surface area contributed by atoms with Gasteiger partial charge in [-0.15, -0.1) is 0 Å². The van der Waals surface area contributed by atoms with Gasteiger partial charge in [-0.25, -0.2) is 28.2 Å². The van der Waals surface area contributed by atoms with E-state index >= 15 is 0 Å². The molecule has 3 aliphatic rings. The number of alkyl halides is 1. The van der Waals surface area contributed by atoms with Gasteiger partial charge in [0.1, 0.15) is 18.3 Å². The SMILES string of the molecule is Cn1cc(C2CC3C(CC2F)NNC3c2cc(N3CCS(=O)(=O)CC3)ncn2)cn1. The fraction of sp³-hybridized carbons (Fsp3) is 0.632. The van der Waals surface area contributed by atoms with Gasteiger partial charge in [-0.2, -0.15) is 5.10 Å². The second-order valence-corrected chi connectivity index (χ2v) is 10.8. The van der Waals surface area contributed by atoms with Crippen LogP contribution in [0.15, 0.2) is 24.8 Å². The Hall–Kier alpha value is -2.11. The fourth-order valence-corrected chi connectivity index (χ4v) is 6.14. The molecule has 11 heteroatoms. The molecule has 4 heterocycles. The van der Waals surface area contributed by atoms with Gasteiger partial charge >= 0.3 is 0 Å². The number of hydrogen-bond acceptors (Lipinski definition) is 8. The minimum Gasteiger partial charge on any atom is -0.354 e. The third kappa shape index (κ3) is 3.69. The van der Waals surface area contributed by atoms with Crippen LogP contribution in [0, 0.1) is 5.92 Å². The molecule has 5 rings (SSSR count). The average Bonchev–Trinajstić information content (AvgIpc) is 3.33. The Kier molecular flexibility index (Phi) is 4.98. The number of aryl methyl sites for hydroxylation is 1. The molecule has 162 valence electrons. The van der Waals surface area contributed by atoms with Crippen molar-refractivity contribution in [1.82, 2.24) is 30.6 Å². The van der Waals surface area contributed by atoms with Gasteiger partial charge in [0.2, 0.25) is 0 Å². The van der Waals surface area contributed by atoms with Gasteiger partial charge in [0.05, 0.1) is 29.4 Å². The van der Waals surface area contributed by atoms with Gasteiger partial charge in [0.15, 0.2) is 9.84 Å². The van der Waals surface area contributed by atoms with Crippen molar-refractivity contribution in [2.45, 2.75) is 37.0 Å². The topological polar surface area (TPSA) is 105 Å². The van der Waals surface area contributed by atoms with E-state index in [0.717, 1.165) is 17.1 Å². The van der Waals surface area contributed by atoms with Crippen molar-refractivity contribution in [3.05, 3.63) is 36.0 Å². The molecule has 2 N–H and O–H groups in total. The van der Waals surface area contributed by atoms with Gasteiger partial charge < -0.3 is 4.90 Å². The molecule has 0 radical (unpaired) electrons. The largest absolute Gasteiger partial charge is 0.354 e. The molecule has 0 aromatic carbocycles. The minimum atomic E-state index is -2.95. The predicted octanol–water partition coefficient (Wildman–Crippen LogP) is 0.494. The highest BCUT2D eigenvalue weighted by Crippen LogP contribution is 2.45. The first kappa shape index (κ1) is 19.8. The molecule has 5 atom stereocenters. The third-order valence-electron chi connectivity index (χ3n) is 6.62. The molecule has 5 unspecified atom stereocenters. The average molecular weight is 436 g/mol. The summed E-state index contributed by atoms with van der Waals surface area (Å²) in [6.07, 6.45) is 5.41. The molecule has 30 heavy (non-hydrogen) atoms. The molecular weight excluding hydrogens is 409 g/mol. The molecule has 3 fully saturated rings. The van der Waals surface area contributed by atoms with Crippen molar-refractivity contribution >= 4 is 15.7 Å². The Bertz CT molecular complexity index is 1020. The zero-order valence-electron chi connectivity index (χ0n) is 16.8. The Labute approximate surface area is 175 Å². The van der Waals surface area contributed by atoms with Crippen LogP contribution in [-0.2, 0) is 16.9 Å². The van der Waals surface area contributed by atoms with Crippen molar-refractivity contribution in [3.63, 3.8) is 0 Å². The summed E-state index contributed by atoms with van der Waals surface area (Å²) in [6, 6.07) is 1.91. The quantitative estimate of drug-likeness (QED) is 0.718. The summed E-state index contributed by atoms with van der Waals surface area (Å²) in [5.74, 6) is 1.03. The van der Waals surface area contributed by atoms with E-state index in [2.05, 4.69) is 25.9 Å². The smallest absolute Gasteiger partial charge is 0.153 e. The third-order valence-corrected chi connectivity index (χ3v) is 8.23. The van der Waals surface area contributed by atoms with Crippen LogP contribution in [0.2, 0.25) is 0 Å². The van der Waals surface area contributed by atoms with Crippen LogP contribution in [0.25, 0.3) is 0 Å². The summed E-state index contributed by atoms with van der Waals surface area (Å²) in [4.78, 5) is 10.8. The van der Waals surface area contributed by atoms with E-state index < -0.39 is 16.0 Å².